The number of carbonyl (C=O) groups excluding carboxylic acids is 2. The number of aliphatic carboxylic acids is 1. The molecular formula is C21H21BrN2O4. The molecule has 2 atom stereocenters. The maximum Gasteiger partial charge on any atom is 0.333 e. The summed E-state index contributed by atoms with van der Waals surface area (Å²) >= 11 is 3.32. The van der Waals surface area contributed by atoms with Crippen LogP contribution in [0.15, 0.2) is 53.0 Å². The lowest BCUT2D eigenvalue weighted by atomic mass is 9.89. The number of benzene rings is 2. The number of carboxylic acid groups (broad SMARTS) is 1. The minimum absolute atomic E-state index is 0.0666. The molecule has 0 aliphatic carbocycles. The van der Waals surface area contributed by atoms with Crippen LogP contribution < -0.4 is 10.6 Å². The molecule has 7 heteroatoms. The van der Waals surface area contributed by atoms with Crippen molar-refractivity contribution < 1.29 is 19.5 Å². The summed E-state index contributed by atoms with van der Waals surface area (Å²) in [5.74, 6) is -1.98. The first kappa shape index (κ1) is 20.1. The first-order valence-corrected chi connectivity index (χ1v) is 9.78. The summed E-state index contributed by atoms with van der Waals surface area (Å²) < 4.78 is 0.726. The van der Waals surface area contributed by atoms with E-state index < -0.39 is 17.4 Å². The molecule has 2 aromatic rings. The summed E-state index contributed by atoms with van der Waals surface area (Å²) in [5, 5.41) is 15.2. The van der Waals surface area contributed by atoms with Crippen molar-refractivity contribution in [2.75, 3.05) is 5.32 Å². The maximum absolute atomic E-state index is 12.5. The smallest absolute Gasteiger partial charge is 0.333 e. The molecular weight excluding hydrogens is 424 g/mol. The van der Waals surface area contributed by atoms with Gasteiger partial charge < -0.3 is 15.7 Å². The van der Waals surface area contributed by atoms with Crippen LogP contribution >= 0.6 is 15.9 Å². The molecule has 2 aromatic carbocycles. The number of amides is 2. The van der Waals surface area contributed by atoms with Crippen molar-refractivity contribution in [3.05, 3.63) is 64.1 Å². The fourth-order valence-electron chi connectivity index (χ4n) is 3.34. The van der Waals surface area contributed by atoms with Crippen molar-refractivity contribution in [2.45, 2.75) is 31.7 Å². The summed E-state index contributed by atoms with van der Waals surface area (Å²) in [5.41, 5.74) is 0.757. The van der Waals surface area contributed by atoms with E-state index in [1.807, 2.05) is 24.3 Å². The van der Waals surface area contributed by atoms with Crippen LogP contribution in [0.25, 0.3) is 0 Å². The van der Waals surface area contributed by atoms with Gasteiger partial charge in [-0.05, 0) is 49.1 Å². The maximum atomic E-state index is 12.5. The number of halogens is 1. The van der Waals surface area contributed by atoms with Gasteiger partial charge >= 0.3 is 5.97 Å². The van der Waals surface area contributed by atoms with Crippen molar-refractivity contribution >= 4 is 39.4 Å². The highest BCUT2D eigenvalue weighted by Crippen LogP contribution is 2.28. The fraction of sp³-hybridized carbons (Fsp3) is 0.286. The number of para-hydroxylation sites is 1. The number of nitrogens with one attached hydrogen (secondary N) is 2. The number of hydrogen-bond acceptors (Lipinski definition) is 3. The van der Waals surface area contributed by atoms with Crippen molar-refractivity contribution in [3.63, 3.8) is 0 Å². The van der Waals surface area contributed by atoms with Gasteiger partial charge in [0.05, 0.1) is 0 Å². The van der Waals surface area contributed by atoms with E-state index in [1.165, 1.54) is 6.92 Å². The third kappa shape index (κ3) is 4.25. The number of carbonyl (C=O) groups is 3. The highest BCUT2D eigenvalue weighted by molar-refractivity contribution is 9.10. The predicted molar refractivity (Wildman–Crippen MR) is 109 cm³/mol. The van der Waals surface area contributed by atoms with Crippen molar-refractivity contribution in [1.82, 2.24) is 5.32 Å². The molecule has 28 heavy (non-hydrogen) atoms. The zero-order chi connectivity index (χ0) is 20.3. The van der Waals surface area contributed by atoms with E-state index in [4.69, 9.17) is 0 Å². The minimum atomic E-state index is -1.55. The molecule has 0 fully saturated rings. The van der Waals surface area contributed by atoms with Crippen LogP contribution in [0.3, 0.4) is 0 Å². The molecule has 0 spiro atoms. The lowest BCUT2D eigenvalue weighted by molar-refractivity contribution is -0.147. The lowest BCUT2D eigenvalue weighted by Gasteiger charge is -2.28. The highest BCUT2D eigenvalue weighted by Gasteiger charge is 2.37. The van der Waals surface area contributed by atoms with E-state index in [1.54, 1.807) is 24.3 Å². The number of rotatable bonds is 6. The van der Waals surface area contributed by atoms with Gasteiger partial charge in [0.2, 0.25) is 11.8 Å². The van der Waals surface area contributed by atoms with Crippen LogP contribution in [0.4, 0.5) is 5.69 Å². The Kier molecular flexibility index (Phi) is 5.84. The molecule has 3 N–H and O–H groups in total. The number of hydrogen-bond donors (Lipinski definition) is 3. The van der Waals surface area contributed by atoms with Crippen LogP contribution in [0.1, 0.15) is 30.9 Å². The second-order valence-corrected chi connectivity index (χ2v) is 7.99. The van der Waals surface area contributed by atoms with Gasteiger partial charge in [-0.25, -0.2) is 4.79 Å². The van der Waals surface area contributed by atoms with E-state index in [-0.39, 0.29) is 18.2 Å². The average Bonchev–Trinajstić information content (AvgIpc) is 2.66. The van der Waals surface area contributed by atoms with Gasteiger partial charge in [-0.3, -0.25) is 9.59 Å². The van der Waals surface area contributed by atoms with Crippen molar-refractivity contribution in [3.8, 4) is 0 Å². The van der Waals surface area contributed by atoms with E-state index >= 15 is 0 Å². The molecule has 0 aromatic heterocycles. The second-order valence-electron chi connectivity index (χ2n) is 7.07. The SMILES string of the molecule is CC(NC(=O)CCC1Cc2ccccc2NC1=O)(C(=O)O)c1cccc(Br)c1. The van der Waals surface area contributed by atoms with Gasteiger partial charge in [0.15, 0.2) is 5.54 Å². The molecule has 0 bridgehead atoms. The van der Waals surface area contributed by atoms with Crippen LogP contribution in [-0.2, 0) is 26.3 Å². The summed E-state index contributed by atoms with van der Waals surface area (Å²) in [7, 11) is 0. The first-order chi connectivity index (χ1) is 13.3. The third-order valence-electron chi connectivity index (χ3n) is 5.05. The zero-order valence-corrected chi connectivity index (χ0v) is 17.0. The molecule has 0 saturated carbocycles. The van der Waals surface area contributed by atoms with Crippen LogP contribution in [0.5, 0.6) is 0 Å². The van der Waals surface area contributed by atoms with Crippen molar-refractivity contribution in [1.29, 1.82) is 0 Å². The van der Waals surface area contributed by atoms with Gasteiger partial charge in [-0.1, -0.05) is 46.3 Å². The Morgan fingerprint density at radius 1 is 1.25 bits per heavy atom. The molecule has 2 amide bonds. The van der Waals surface area contributed by atoms with E-state index in [0.29, 0.717) is 18.4 Å². The van der Waals surface area contributed by atoms with Crippen LogP contribution in [0, 0.1) is 5.92 Å². The Morgan fingerprint density at radius 2 is 2.00 bits per heavy atom. The molecule has 0 radical (unpaired) electrons. The van der Waals surface area contributed by atoms with Gasteiger partial charge in [0, 0.05) is 22.5 Å². The van der Waals surface area contributed by atoms with E-state index in [9.17, 15) is 19.5 Å². The van der Waals surface area contributed by atoms with Gasteiger partial charge in [0.25, 0.3) is 0 Å². The van der Waals surface area contributed by atoms with Gasteiger partial charge in [0.1, 0.15) is 0 Å². The van der Waals surface area contributed by atoms with Crippen molar-refractivity contribution in [2.24, 2.45) is 5.92 Å². The molecule has 2 unspecified atom stereocenters. The molecule has 1 aliphatic heterocycles. The summed E-state index contributed by atoms with van der Waals surface area (Å²) in [6.07, 6.45) is 0.981. The lowest BCUT2D eigenvalue weighted by Crippen LogP contribution is -2.49. The fourth-order valence-corrected chi connectivity index (χ4v) is 3.74. The third-order valence-corrected chi connectivity index (χ3v) is 5.54. The Morgan fingerprint density at radius 3 is 2.71 bits per heavy atom. The minimum Gasteiger partial charge on any atom is -0.479 e. The summed E-state index contributed by atoms with van der Waals surface area (Å²) in [6, 6.07) is 14.4. The molecule has 1 aliphatic rings. The Bertz CT molecular complexity index is 930. The quantitative estimate of drug-likeness (QED) is 0.635. The summed E-state index contributed by atoms with van der Waals surface area (Å²) in [6.45, 7) is 1.46. The monoisotopic (exact) mass is 444 g/mol. The second kappa shape index (κ2) is 8.14. The predicted octanol–water partition coefficient (Wildman–Crippen LogP) is 3.46. The normalized spacial score (nSPS) is 17.8. The molecule has 3 rings (SSSR count). The van der Waals surface area contributed by atoms with E-state index in [2.05, 4.69) is 26.6 Å². The topological polar surface area (TPSA) is 95.5 Å². The molecule has 146 valence electrons. The standard InChI is InChI=1S/C21H21BrN2O4/c1-21(20(27)28,15-6-4-7-16(22)12-15)24-18(25)10-9-14-11-13-5-2-3-8-17(13)23-19(14)26/h2-8,12,14H,9-11H2,1H3,(H,23,26)(H,24,25)(H,27,28). The van der Waals surface area contributed by atoms with Crippen LogP contribution in [0.2, 0.25) is 0 Å². The number of anilines is 1. The zero-order valence-electron chi connectivity index (χ0n) is 15.4. The van der Waals surface area contributed by atoms with Gasteiger partial charge in [-0.15, -0.1) is 0 Å². The average molecular weight is 445 g/mol. The number of fused-ring (bicyclic) bond motifs is 1. The van der Waals surface area contributed by atoms with Gasteiger partial charge in [-0.2, -0.15) is 0 Å². The first-order valence-electron chi connectivity index (χ1n) is 8.99. The Balaban J connectivity index is 1.66. The highest BCUT2D eigenvalue weighted by atomic mass is 79.9. The largest absolute Gasteiger partial charge is 0.479 e. The Hall–Kier alpha value is -2.67. The number of carboxylic acids is 1. The van der Waals surface area contributed by atoms with Crippen LogP contribution in [-0.4, -0.2) is 22.9 Å². The molecule has 6 nitrogen and oxygen atoms in total. The summed E-state index contributed by atoms with van der Waals surface area (Å²) in [4.78, 5) is 36.6. The molecule has 1 heterocycles. The molecule has 0 saturated heterocycles. The van der Waals surface area contributed by atoms with E-state index in [0.717, 1.165) is 15.7 Å². The Labute approximate surface area is 171 Å².